The molecule has 196 valence electrons. The van der Waals surface area contributed by atoms with E-state index in [1.54, 1.807) is 18.6 Å². The number of ether oxygens (including phenoxy) is 1. The number of halogens is 1. The second-order valence-electron chi connectivity index (χ2n) is 10.7. The lowest BCUT2D eigenvalue weighted by atomic mass is 9.73. The monoisotopic (exact) mass is 504 g/mol. The molecule has 0 atom stereocenters. The molecule has 2 aliphatic rings. The maximum absolute atomic E-state index is 14.6. The first-order valence-electron chi connectivity index (χ1n) is 13.5. The maximum atomic E-state index is 14.6. The SMILES string of the molecule is Cn1cnc(C(=O)N2CCC3(CCCCc4ccccc4OCCN(Cc4ccccc4F)C3)CC2)c1. The Balaban J connectivity index is 1.34. The number of hydrogen-bond donors (Lipinski definition) is 0. The van der Waals surface area contributed by atoms with Gasteiger partial charge in [-0.1, -0.05) is 42.8 Å². The minimum absolute atomic E-state index is 0.0109. The van der Waals surface area contributed by atoms with Crippen molar-refractivity contribution >= 4 is 5.91 Å². The Morgan fingerprint density at radius 1 is 1.03 bits per heavy atom. The van der Waals surface area contributed by atoms with Gasteiger partial charge >= 0.3 is 0 Å². The van der Waals surface area contributed by atoms with Crippen LogP contribution in [0.2, 0.25) is 0 Å². The largest absolute Gasteiger partial charge is 0.492 e. The molecule has 37 heavy (non-hydrogen) atoms. The summed E-state index contributed by atoms with van der Waals surface area (Å²) in [6.07, 6.45) is 9.68. The third-order valence-electron chi connectivity index (χ3n) is 7.99. The third-order valence-corrected chi connectivity index (χ3v) is 7.99. The minimum Gasteiger partial charge on any atom is -0.492 e. The predicted molar refractivity (Wildman–Crippen MR) is 142 cm³/mol. The number of carbonyl (C=O) groups excluding carboxylic acids is 1. The summed E-state index contributed by atoms with van der Waals surface area (Å²) in [5, 5.41) is 0. The molecule has 0 radical (unpaired) electrons. The normalized spacial score (nSPS) is 18.9. The molecule has 0 aliphatic carbocycles. The number of likely N-dealkylation sites (tertiary alicyclic amines) is 1. The fourth-order valence-corrected chi connectivity index (χ4v) is 5.86. The van der Waals surface area contributed by atoms with Crippen LogP contribution in [0.25, 0.3) is 0 Å². The van der Waals surface area contributed by atoms with Crippen molar-refractivity contribution in [3.05, 3.63) is 83.7 Å². The predicted octanol–water partition coefficient (Wildman–Crippen LogP) is 5.09. The van der Waals surface area contributed by atoms with Gasteiger partial charge in [0.25, 0.3) is 5.91 Å². The number of carbonyl (C=O) groups is 1. The average Bonchev–Trinajstić information content (AvgIpc) is 3.34. The van der Waals surface area contributed by atoms with E-state index in [1.165, 1.54) is 11.6 Å². The van der Waals surface area contributed by atoms with Crippen LogP contribution >= 0.6 is 0 Å². The van der Waals surface area contributed by atoms with Crippen LogP contribution in [0.1, 0.15) is 53.7 Å². The van der Waals surface area contributed by atoms with Crippen LogP contribution in [0.3, 0.4) is 0 Å². The lowest BCUT2D eigenvalue weighted by Gasteiger charge is -2.45. The number of hydrogen-bond acceptors (Lipinski definition) is 4. The van der Waals surface area contributed by atoms with Crippen LogP contribution in [0.15, 0.2) is 61.1 Å². The molecule has 1 spiro atoms. The van der Waals surface area contributed by atoms with E-state index in [9.17, 15) is 9.18 Å². The van der Waals surface area contributed by atoms with Gasteiger partial charge in [-0.25, -0.2) is 9.37 Å². The van der Waals surface area contributed by atoms with Gasteiger partial charge in [0.2, 0.25) is 0 Å². The number of nitrogens with zero attached hydrogens (tertiary/aromatic N) is 4. The molecular formula is C30H37FN4O2. The number of piperidine rings is 1. The number of aryl methyl sites for hydroxylation is 2. The van der Waals surface area contributed by atoms with E-state index in [4.69, 9.17) is 4.74 Å². The number of imidazole rings is 1. The first kappa shape index (κ1) is 25.5. The van der Waals surface area contributed by atoms with Crippen molar-refractivity contribution in [3.63, 3.8) is 0 Å². The van der Waals surface area contributed by atoms with Gasteiger partial charge in [-0.3, -0.25) is 9.69 Å². The van der Waals surface area contributed by atoms with Crippen molar-refractivity contribution < 1.29 is 13.9 Å². The van der Waals surface area contributed by atoms with Gasteiger partial charge in [0.15, 0.2) is 0 Å². The zero-order chi connectivity index (χ0) is 25.7. The van der Waals surface area contributed by atoms with Gasteiger partial charge in [-0.2, -0.15) is 0 Å². The van der Waals surface area contributed by atoms with E-state index in [0.29, 0.717) is 24.4 Å². The van der Waals surface area contributed by atoms with Crippen molar-refractivity contribution in [2.45, 2.75) is 45.1 Å². The van der Waals surface area contributed by atoms with E-state index < -0.39 is 0 Å². The summed E-state index contributed by atoms with van der Waals surface area (Å²) in [5.41, 5.74) is 2.57. The second kappa shape index (κ2) is 11.5. The Kier molecular flexibility index (Phi) is 7.89. The zero-order valence-electron chi connectivity index (χ0n) is 21.7. The van der Waals surface area contributed by atoms with Crippen LogP contribution in [0, 0.1) is 11.2 Å². The van der Waals surface area contributed by atoms with Crippen molar-refractivity contribution in [1.82, 2.24) is 19.4 Å². The molecule has 7 heteroatoms. The molecule has 1 fully saturated rings. The third kappa shape index (κ3) is 6.21. The highest BCUT2D eigenvalue weighted by molar-refractivity contribution is 5.92. The van der Waals surface area contributed by atoms with Gasteiger partial charge in [0.05, 0.1) is 6.33 Å². The lowest BCUT2D eigenvalue weighted by molar-refractivity contribution is 0.0355. The van der Waals surface area contributed by atoms with Gasteiger partial charge < -0.3 is 14.2 Å². The molecule has 2 aromatic carbocycles. The fraction of sp³-hybridized carbons (Fsp3) is 0.467. The fourth-order valence-electron chi connectivity index (χ4n) is 5.86. The molecular weight excluding hydrogens is 467 g/mol. The summed E-state index contributed by atoms with van der Waals surface area (Å²) in [6, 6.07) is 15.4. The van der Waals surface area contributed by atoms with E-state index in [2.05, 4.69) is 28.1 Å². The summed E-state index contributed by atoms with van der Waals surface area (Å²) in [7, 11) is 1.88. The van der Waals surface area contributed by atoms with Gasteiger partial charge in [-0.15, -0.1) is 0 Å². The molecule has 3 heterocycles. The highest BCUT2D eigenvalue weighted by Gasteiger charge is 2.37. The molecule has 1 aromatic heterocycles. The van der Waals surface area contributed by atoms with Gasteiger partial charge in [0.1, 0.15) is 23.9 Å². The van der Waals surface area contributed by atoms with Crippen molar-refractivity contribution in [3.8, 4) is 5.75 Å². The van der Waals surface area contributed by atoms with Crippen LogP contribution in [0.5, 0.6) is 5.75 Å². The number of amides is 1. The van der Waals surface area contributed by atoms with E-state index in [0.717, 1.165) is 70.5 Å². The number of aromatic nitrogens is 2. The summed E-state index contributed by atoms with van der Waals surface area (Å²) in [6.45, 7) is 4.16. The molecule has 2 aliphatic heterocycles. The smallest absolute Gasteiger partial charge is 0.274 e. The summed E-state index contributed by atoms with van der Waals surface area (Å²) >= 11 is 0. The van der Waals surface area contributed by atoms with E-state index in [1.807, 2.05) is 34.7 Å². The molecule has 3 aromatic rings. The van der Waals surface area contributed by atoms with Crippen molar-refractivity contribution in [2.75, 3.05) is 32.8 Å². The molecule has 0 saturated carbocycles. The van der Waals surface area contributed by atoms with Gasteiger partial charge in [0, 0.05) is 51.5 Å². The summed E-state index contributed by atoms with van der Waals surface area (Å²) in [5.74, 6) is 0.812. The number of fused-ring (bicyclic) bond motifs is 1. The van der Waals surface area contributed by atoms with Crippen LogP contribution in [-0.4, -0.2) is 58.0 Å². The quantitative estimate of drug-likeness (QED) is 0.499. The van der Waals surface area contributed by atoms with Gasteiger partial charge in [-0.05, 0) is 55.2 Å². The Morgan fingerprint density at radius 2 is 1.81 bits per heavy atom. The first-order valence-corrected chi connectivity index (χ1v) is 13.5. The molecule has 0 unspecified atom stereocenters. The topological polar surface area (TPSA) is 50.6 Å². The lowest BCUT2D eigenvalue weighted by Crippen LogP contribution is -2.48. The number of benzene rings is 2. The van der Waals surface area contributed by atoms with E-state index in [-0.39, 0.29) is 17.1 Å². The molecule has 0 bridgehead atoms. The summed E-state index contributed by atoms with van der Waals surface area (Å²) in [4.78, 5) is 21.6. The van der Waals surface area contributed by atoms with Crippen LogP contribution in [-0.2, 0) is 20.0 Å². The second-order valence-corrected chi connectivity index (χ2v) is 10.7. The van der Waals surface area contributed by atoms with Crippen LogP contribution < -0.4 is 4.74 Å². The Morgan fingerprint density at radius 3 is 2.59 bits per heavy atom. The average molecular weight is 505 g/mol. The molecule has 1 saturated heterocycles. The molecule has 5 rings (SSSR count). The summed E-state index contributed by atoms with van der Waals surface area (Å²) < 4.78 is 22.7. The molecule has 0 N–H and O–H groups in total. The molecule has 1 amide bonds. The maximum Gasteiger partial charge on any atom is 0.274 e. The van der Waals surface area contributed by atoms with Crippen molar-refractivity contribution in [1.29, 1.82) is 0 Å². The van der Waals surface area contributed by atoms with E-state index >= 15 is 0 Å². The zero-order valence-corrected chi connectivity index (χ0v) is 21.7. The highest BCUT2D eigenvalue weighted by Crippen LogP contribution is 2.39. The number of rotatable bonds is 3. The Bertz CT molecular complexity index is 1200. The standard InChI is InChI=1S/C30H37FN4O2/c1-33-21-27(32-23-33)29(36)35-16-14-30(15-17-35)13-7-6-9-24-8-3-5-12-28(24)37-19-18-34(22-30)20-25-10-2-4-11-26(25)31/h2-5,8,10-12,21,23H,6-7,9,13-20,22H2,1H3. The minimum atomic E-state index is -0.162. The van der Waals surface area contributed by atoms with Crippen LogP contribution in [0.4, 0.5) is 4.39 Å². The highest BCUT2D eigenvalue weighted by atomic mass is 19.1. The Hall–Kier alpha value is -3.19. The Labute approximate surface area is 219 Å². The molecule has 6 nitrogen and oxygen atoms in total. The van der Waals surface area contributed by atoms with Crippen molar-refractivity contribution in [2.24, 2.45) is 12.5 Å². The first-order chi connectivity index (χ1) is 18.0. The number of para-hydroxylation sites is 1.